The summed E-state index contributed by atoms with van der Waals surface area (Å²) in [6.45, 7) is 4.82. The van der Waals surface area contributed by atoms with E-state index < -0.39 is 10.0 Å². The van der Waals surface area contributed by atoms with E-state index in [4.69, 9.17) is 0 Å². The zero-order chi connectivity index (χ0) is 20.1. The number of anilines is 1. The Kier molecular flexibility index (Phi) is 6.36. The van der Waals surface area contributed by atoms with Crippen LogP contribution in [-0.4, -0.2) is 51.9 Å². The lowest BCUT2D eigenvalue weighted by atomic mass is 10.2. The molecule has 150 valence electrons. The van der Waals surface area contributed by atoms with Crippen molar-refractivity contribution in [3.63, 3.8) is 0 Å². The van der Waals surface area contributed by atoms with Gasteiger partial charge in [-0.05, 0) is 62.3 Å². The maximum atomic E-state index is 12.8. The second-order valence-corrected chi connectivity index (χ2v) is 8.94. The molecule has 6 nitrogen and oxygen atoms in total. The van der Waals surface area contributed by atoms with Gasteiger partial charge in [-0.15, -0.1) is 0 Å². The number of sulfonamides is 1. The number of nitrogens with zero attached hydrogens (tertiary/aromatic N) is 2. The molecule has 0 aliphatic carbocycles. The molecule has 7 heteroatoms. The number of carbonyl (C=O) groups is 1. The van der Waals surface area contributed by atoms with E-state index in [0.29, 0.717) is 23.8 Å². The first-order valence-corrected chi connectivity index (χ1v) is 11.0. The number of hydrogen-bond acceptors (Lipinski definition) is 4. The molecule has 0 aromatic heterocycles. The normalized spacial score (nSPS) is 17.4. The third-order valence-electron chi connectivity index (χ3n) is 5.30. The number of likely N-dealkylation sites (tertiary alicyclic amines) is 1. The minimum atomic E-state index is -3.68. The Morgan fingerprint density at radius 1 is 1.14 bits per heavy atom. The molecule has 1 N–H and O–H groups in total. The van der Waals surface area contributed by atoms with Crippen molar-refractivity contribution in [2.75, 3.05) is 31.0 Å². The van der Waals surface area contributed by atoms with Crippen LogP contribution in [0.1, 0.15) is 30.1 Å². The average Bonchev–Trinajstić information content (AvgIpc) is 3.19. The van der Waals surface area contributed by atoms with Crippen molar-refractivity contribution in [2.24, 2.45) is 0 Å². The summed E-state index contributed by atoms with van der Waals surface area (Å²) in [4.78, 5) is 14.9. The summed E-state index contributed by atoms with van der Waals surface area (Å²) in [6, 6.07) is 15.4. The molecule has 1 saturated heterocycles. The van der Waals surface area contributed by atoms with Gasteiger partial charge in [0.25, 0.3) is 15.9 Å². The van der Waals surface area contributed by atoms with Crippen molar-refractivity contribution >= 4 is 21.6 Å². The third kappa shape index (κ3) is 4.36. The zero-order valence-electron chi connectivity index (χ0n) is 16.3. The van der Waals surface area contributed by atoms with Crippen LogP contribution >= 0.6 is 0 Å². The van der Waals surface area contributed by atoms with Gasteiger partial charge in [0.15, 0.2) is 0 Å². The molecule has 1 amide bonds. The SMILES string of the molecule is CCN1CCC[C@@H]1CNC(=O)c1ccc(S(=O)(=O)N(C)c2ccccc2)cc1. The van der Waals surface area contributed by atoms with Crippen LogP contribution in [0.3, 0.4) is 0 Å². The van der Waals surface area contributed by atoms with Gasteiger partial charge < -0.3 is 5.32 Å². The summed E-state index contributed by atoms with van der Waals surface area (Å²) in [5.41, 5.74) is 1.05. The van der Waals surface area contributed by atoms with E-state index in [1.54, 1.807) is 36.4 Å². The van der Waals surface area contributed by atoms with Crippen molar-refractivity contribution in [1.29, 1.82) is 0 Å². The zero-order valence-corrected chi connectivity index (χ0v) is 17.2. The Labute approximate surface area is 167 Å². The molecule has 2 aromatic rings. The topological polar surface area (TPSA) is 69.7 Å². The second kappa shape index (κ2) is 8.75. The highest BCUT2D eigenvalue weighted by atomic mass is 32.2. The van der Waals surface area contributed by atoms with Crippen molar-refractivity contribution < 1.29 is 13.2 Å². The molecule has 1 aliphatic heterocycles. The van der Waals surface area contributed by atoms with E-state index in [1.165, 1.54) is 23.5 Å². The summed E-state index contributed by atoms with van der Waals surface area (Å²) in [6.07, 6.45) is 2.26. The van der Waals surface area contributed by atoms with Crippen LogP contribution in [0.25, 0.3) is 0 Å². The van der Waals surface area contributed by atoms with Crippen LogP contribution in [0, 0.1) is 0 Å². The van der Waals surface area contributed by atoms with Crippen LogP contribution in [0.4, 0.5) is 5.69 Å². The van der Waals surface area contributed by atoms with Gasteiger partial charge in [0, 0.05) is 25.2 Å². The van der Waals surface area contributed by atoms with Crippen molar-refractivity contribution in [3.05, 3.63) is 60.2 Å². The summed E-state index contributed by atoms with van der Waals surface area (Å²) in [5, 5.41) is 2.97. The molecule has 1 heterocycles. The predicted molar refractivity (Wildman–Crippen MR) is 111 cm³/mol. The monoisotopic (exact) mass is 401 g/mol. The van der Waals surface area contributed by atoms with Gasteiger partial charge in [-0.25, -0.2) is 8.42 Å². The number of hydrogen-bond donors (Lipinski definition) is 1. The molecular weight excluding hydrogens is 374 g/mol. The summed E-state index contributed by atoms with van der Waals surface area (Å²) < 4.78 is 26.8. The number of rotatable bonds is 7. The molecule has 0 spiro atoms. The number of para-hydroxylation sites is 1. The molecule has 1 atom stereocenters. The molecule has 1 fully saturated rings. The van der Waals surface area contributed by atoms with E-state index in [9.17, 15) is 13.2 Å². The van der Waals surface area contributed by atoms with E-state index in [1.807, 2.05) is 6.07 Å². The number of amides is 1. The number of likely N-dealkylation sites (N-methyl/N-ethyl adjacent to an activating group) is 1. The number of carbonyl (C=O) groups excluding carboxylic acids is 1. The number of benzene rings is 2. The Bertz CT molecular complexity index is 898. The van der Waals surface area contributed by atoms with Crippen LogP contribution in [0.2, 0.25) is 0 Å². The summed E-state index contributed by atoms with van der Waals surface area (Å²) >= 11 is 0. The van der Waals surface area contributed by atoms with Gasteiger partial charge in [-0.1, -0.05) is 25.1 Å². The lowest BCUT2D eigenvalue weighted by Crippen LogP contribution is -2.40. The Morgan fingerprint density at radius 3 is 2.46 bits per heavy atom. The van der Waals surface area contributed by atoms with E-state index in [-0.39, 0.29) is 10.8 Å². The minimum absolute atomic E-state index is 0.156. The Hall–Kier alpha value is -2.38. The van der Waals surface area contributed by atoms with Crippen LogP contribution < -0.4 is 9.62 Å². The minimum Gasteiger partial charge on any atom is -0.350 e. The predicted octanol–water partition coefficient (Wildman–Crippen LogP) is 2.73. The highest BCUT2D eigenvalue weighted by Crippen LogP contribution is 2.22. The van der Waals surface area contributed by atoms with Gasteiger partial charge in [0.1, 0.15) is 0 Å². The lowest BCUT2D eigenvalue weighted by Gasteiger charge is -2.23. The molecular formula is C21H27N3O3S. The van der Waals surface area contributed by atoms with E-state index in [2.05, 4.69) is 17.1 Å². The van der Waals surface area contributed by atoms with Gasteiger partial charge >= 0.3 is 0 Å². The molecule has 28 heavy (non-hydrogen) atoms. The fraction of sp³-hybridized carbons (Fsp3) is 0.381. The molecule has 1 aliphatic rings. The second-order valence-electron chi connectivity index (χ2n) is 6.97. The molecule has 3 rings (SSSR count). The molecule has 2 aromatic carbocycles. The Morgan fingerprint density at radius 2 is 1.82 bits per heavy atom. The van der Waals surface area contributed by atoms with Gasteiger partial charge in [0.05, 0.1) is 10.6 Å². The summed E-state index contributed by atoms with van der Waals surface area (Å²) in [5.74, 6) is -0.177. The quantitative estimate of drug-likeness (QED) is 0.775. The van der Waals surface area contributed by atoms with Crippen molar-refractivity contribution in [1.82, 2.24) is 10.2 Å². The van der Waals surface area contributed by atoms with Gasteiger partial charge in [-0.2, -0.15) is 0 Å². The first-order chi connectivity index (χ1) is 13.4. The third-order valence-corrected chi connectivity index (χ3v) is 7.10. The molecule has 0 bridgehead atoms. The fourth-order valence-corrected chi connectivity index (χ4v) is 4.76. The maximum Gasteiger partial charge on any atom is 0.264 e. The highest BCUT2D eigenvalue weighted by Gasteiger charge is 2.24. The smallest absolute Gasteiger partial charge is 0.264 e. The Balaban J connectivity index is 1.66. The van der Waals surface area contributed by atoms with E-state index in [0.717, 1.165) is 25.9 Å². The molecule has 0 radical (unpaired) electrons. The standard InChI is InChI=1S/C21H27N3O3S/c1-3-24-15-7-10-19(24)16-22-21(25)17-11-13-20(14-12-17)28(26,27)23(2)18-8-5-4-6-9-18/h4-6,8-9,11-14,19H,3,7,10,15-16H2,1-2H3,(H,22,25)/t19-/m1/s1. The highest BCUT2D eigenvalue weighted by molar-refractivity contribution is 7.92. The average molecular weight is 402 g/mol. The van der Waals surface area contributed by atoms with Crippen LogP contribution in [0.5, 0.6) is 0 Å². The van der Waals surface area contributed by atoms with Gasteiger partial charge in [0.2, 0.25) is 0 Å². The summed E-state index contributed by atoms with van der Waals surface area (Å²) in [7, 11) is -2.16. The van der Waals surface area contributed by atoms with E-state index >= 15 is 0 Å². The van der Waals surface area contributed by atoms with Crippen molar-refractivity contribution in [3.8, 4) is 0 Å². The fourth-order valence-electron chi connectivity index (χ4n) is 3.57. The first-order valence-electron chi connectivity index (χ1n) is 9.59. The lowest BCUT2D eigenvalue weighted by molar-refractivity contribution is 0.0941. The largest absolute Gasteiger partial charge is 0.350 e. The maximum absolute atomic E-state index is 12.8. The first kappa shape index (κ1) is 20.4. The molecule has 0 saturated carbocycles. The van der Waals surface area contributed by atoms with Crippen LogP contribution in [0.15, 0.2) is 59.5 Å². The van der Waals surface area contributed by atoms with Crippen molar-refractivity contribution in [2.45, 2.75) is 30.7 Å². The van der Waals surface area contributed by atoms with Crippen LogP contribution in [-0.2, 0) is 10.0 Å². The van der Waals surface area contributed by atoms with Gasteiger partial charge in [-0.3, -0.25) is 14.0 Å². The number of nitrogens with one attached hydrogen (secondary N) is 1. The molecule has 0 unspecified atom stereocenters.